The predicted octanol–water partition coefficient (Wildman–Crippen LogP) is 3.91. The highest BCUT2D eigenvalue weighted by Crippen LogP contribution is 2.34. The largest absolute Gasteiger partial charge is 0.324 e. The summed E-state index contributed by atoms with van der Waals surface area (Å²) < 4.78 is 2.64. The Labute approximate surface area is 126 Å². The average molecular weight is 429 g/mol. The third kappa shape index (κ3) is 5.07. The molecular weight excluding hydrogens is 416 g/mol. The molecule has 17 heavy (non-hydrogen) atoms. The molecule has 0 radical (unpaired) electrons. The van der Waals surface area contributed by atoms with E-state index in [0.29, 0.717) is 6.42 Å². The molecule has 1 amide bonds. The van der Waals surface area contributed by atoms with E-state index < -0.39 is 0 Å². The standard InChI is InChI=1S/C11H13Br3N2O/c1-15-4-2-3-10(17)16-11-8(13)5-7(12)6-9(11)14/h5-6,15H,2-4H2,1H3,(H,16,17). The summed E-state index contributed by atoms with van der Waals surface area (Å²) in [6, 6.07) is 3.79. The second kappa shape index (κ2) is 7.51. The monoisotopic (exact) mass is 426 g/mol. The topological polar surface area (TPSA) is 41.1 Å². The van der Waals surface area contributed by atoms with Gasteiger partial charge in [0.15, 0.2) is 0 Å². The number of benzene rings is 1. The van der Waals surface area contributed by atoms with Crippen molar-refractivity contribution in [3.8, 4) is 0 Å². The molecule has 6 heteroatoms. The van der Waals surface area contributed by atoms with Crippen LogP contribution < -0.4 is 10.6 Å². The third-order valence-electron chi connectivity index (χ3n) is 2.10. The van der Waals surface area contributed by atoms with Crippen molar-refractivity contribution in [2.24, 2.45) is 0 Å². The van der Waals surface area contributed by atoms with E-state index >= 15 is 0 Å². The number of halogens is 3. The fourth-order valence-electron chi connectivity index (χ4n) is 1.29. The van der Waals surface area contributed by atoms with Crippen molar-refractivity contribution < 1.29 is 4.79 Å². The SMILES string of the molecule is CNCCCC(=O)Nc1c(Br)cc(Br)cc1Br. The zero-order valence-electron chi connectivity index (χ0n) is 9.32. The number of carbonyl (C=O) groups is 1. The summed E-state index contributed by atoms with van der Waals surface area (Å²) in [5.74, 6) is 0.0176. The van der Waals surface area contributed by atoms with Gasteiger partial charge in [-0.1, -0.05) is 15.9 Å². The average Bonchev–Trinajstić information content (AvgIpc) is 2.24. The van der Waals surface area contributed by atoms with Gasteiger partial charge in [-0.25, -0.2) is 0 Å². The molecule has 0 aromatic heterocycles. The number of nitrogens with one attached hydrogen (secondary N) is 2. The molecule has 0 saturated carbocycles. The highest BCUT2D eigenvalue weighted by molar-refractivity contribution is 9.11. The molecule has 0 bridgehead atoms. The summed E-state index contributed by atoms with van der Waals surface area (Å²) in [6.45, 7) is 0.843. The Kier molecular flexibility index (Phi) is 6.69. The third-order valence-corrected chi connectivity index (χ3v) is 3.81. The van der Waals surface area contributed by atoms with Gasteiger partial charge in [0.1, 0.15) is 0 Å². The van der Waals surface area contributed by atoms with Gasteiger partial charge >= 0.3 is 0 Å². The van der Waals surface area contributed by atoms with Crippen LogP contribution in [0.15, 0.2) is 25.6 Å². The second-order valence-electron chi connectivity index (χ2n) is 3.50. The van der Waals surface area contributed by atoms with Gasteiger partial charge in [0, 0.05) is 19.8 Å². The molecule has 0 atom stereocenters. The molecule has 0 heterocycles. The van der Waals surface area contributed by atoms with Crippen LogP contribution in [0.2, 0.25) is 0 Å². The lowest BCUT2D eigenvalue weighted by molar-refractivity contribution is -0.116. The highest BCUT2D eigenvalue weighted by Gasteiger charge is 2.10. The Morgan fingerprint density at radius 2 is 1.82 bits per heavy atom. The van der Waals surface area contributed by atoms with Gasteiger partial charge in [-0.05, 0) is 64.0 Å². The van der Waals surface area contributed by atoms with Gasteiger partial charge in [0.2, 0.25) is 5.91 Å². The lowest BCUT2D eigenvalue weighted by atomic mass is 10.2. The van der Waals surface area contributed by atoms with Crippen molar-refractivity contribution >= 4 is 59.4 Å². The molecule has 94 valence electrons. The first kappa shape index (κ1) is 15.1. The van der Waals surface area contributed by atoms with Crippen LogP contribution in [0.3, 0.4) is 0 Å². The van der Waals surface area contributed by atoms with Crippen LogP contribution in [0.4, 0.5) is 5.69 Å². The van der Waals surface area contributed by atoms with E-state index in [9.17, 15) is 4.79 Å². The van der Waals surface area contributed by atoms with Gasteiger partial charge in [-0.15, -0.1) is 0 Å². The number of hydrogen-bond donors (Lipinski definition) is 2. The second-order valence-corrected chi connectivity index (χ2v) is 6.12. The molecule has 1 aromatic carbocycles. The van der Waals surface area contributed by atoms with E-state index in [4.69, 9.17) is 0 Å². The fourth-order valence-corrected chi connectivity index (χ4v) is 3.75. The summed E-state index contributed by atoms with van der Waals surface area (Å²) >= 11 is 10.2. The van der Waals surface area contributed by atoms with Crippen LogP contribution >= 0.6 is 47.8 Å². The molecule has 0 spiro atoms. The number of hydrogen-bond acceptors (Lipinski definition) is 2. The van der Waals surface area contributed by atoms with Crippen molar-refractivity contribution in [1.82, 2.24) is 5.32 Å². The summed E-state index contributed by atoms with van der Waals surface area (Å²) in [5, 5.41) is 5.90. The Hall–Kier alpha value is 0.0900. The van der Waals surface area contributed by atoms with E-state index in [1.54, 1.807) is 0 Å². The number of carbonyl (C=O) groups excluding carboxylic acids is 1. The van der Waals surface area contributed by atoms with Crippen LogP contribution in [0, 0.1) is 0 Å². The van der Waals surface area contributed by atoms with Gasteiger partial charge in [0.05, 0.1) is 5.69 Å². The molecule has 0 unspecified atom stereocenters. The van der Waals surface area contributed by atoms with E-state index in [1.165, 1.54) is 0 Å². The molecule has 2 N–H and O–H groups in total. The Morgan fingerprint density at radius 3 is 2.35 bits per heavy atom. The maximum absolute atomic E-state index is 11.7. The van der Waals surface area contributed by atoms with Crippen molar-refractivity contribution in [3.63, 3.8) is 0 Å². The summed E-state index contributed by atoms with van der Waals surface area (Å²) in [4.78, 5) is 11.7. The Morgan fingerprint density at radius 1 is 1.24 bits per heavy atom. The van der Waals surface area contributed by atoms with Gasteiger partial charge < -0.3 is 10.6 Å². The lowest BCUT2D eigenvalue weighted by Gasteiger charge is -2.10. The van der Waals surface area contributed by atoms with Crippen LogP contribution in [0.5, 0.6) is 0 Å². The molecule has 0 fully saturated rings. The highest BCUT2D eigenvalue weighted by atomic mass is 79.9. The molecule has 3 nitrogen and oxygen atoms in total. The molecule has 0 aliphatic heterocycles. The minimum absolute atomic E-state index is 0.0176. The van der Waals surface area contributed by atoms with Crippen LogP contribution in [-0.2, 0) is 4.79 Å². The van der Waals surface area contributed by atoms with Crippen molar-refractivity contribution in [1.29, 1.82) is 0 Å². The first-order valence-electron chi connectivity index (χ1n) is 5.13. The van der Waals surface area contributed by atoms with Crippen molar-refractivity contribution in [2.45, 2.75) is 12.8 Å². The molecular formula is C11H13Br3N2O. The number of anilines is 1. The van der Waals surface area contributed by atoms with Crippen LogP contribution in [0.1, 0.15) is 12.8 Å². The zero-order chi connectivity index (χ0) is 12.8. The number of rotatable bonds is 5. The van der Waals surface area contributed by atoms with E-state index in [1.807, 2.05) is 19.2 Å². The summed E-state index contributed by atoms with van der Waals surface area (Å²) in [6.07, 6.45) is 1.34. The van der Waals surface area contributed by atoms with Crippen molar-refractivity contribution in [2.75, 3.05) is 18.9 Å². The van der Waals surface area contributed by atoms with Crippen LogP contribution in [0.25, 0.3) is 0 Å². The zero-order valence-corrected chi connectivity index (χ0v) is 14.1. The lowest BCUT2D eigenvalue weighted by Crippen LogP contribution is -2.15. The van der Waals surface area contributed by atoms with Gasteiger partial charge in [0.25, 0.3) is 0 Å². The normalized spacial score (nSPS) is 10.4. The van der Waals surface area contributed by atoms with E-state index in [-0.39, 0.29) is 5.91 Å². The fraction of sp³-hybridized carbons (Fsp3) is 0.364. The van der Waals surface area contributed by atoms with E-state index in [0.717, 1.165) is 32.1 Å². The molecule has 1 rings (SSSR count). The first-order valence-corrected chi connectivity index (χ1v) is 7.51. The van der Waals surface area contributed by atoms with Gasteiger partial charge in [-0.2, -0.15) is 0 Å². The predicted molar refractivity (Wildman–Crippen MR) is 81.3 cm³/mol. The number of amides is 1. The smallest absolute Gasteiger partial charge is 0.224 e. The van der Waals surface area contributed by atoms with Crippen molar-refractivity contribution in [3.05, 3.63) is 25.6 Å². The first-order chi connectivity index (χ1) is 8.04. The Balaban J connectivity index is 2.65. The quantitative estimate of drug-likeness (QED) is 0.698. The molecule has 0 aliphatic rings. The summed E-state index contributed by atoms with van der Waals surface area (Å²) in [7, 11) is 1.87. The minimum Gasteiger partial charge on any atom is -0.324 e. The molecule has 0 saturated heterocycles. The summed E-state index contributed by atoms with van der Waals surface area (Å²) in [5.41, 5.74) is 0.766. The maximum Gasteiger partial charge on any atom is 0.224 e. The minimum atomic E-state index is 0.0176. The Bertz CT molecular complexity index is 387. The molecule has 0 aliphatic carbocycles. The molecule has 1 aromatic rings. The van der Waals surface area contributed by atoms with E-state index in [2.05, 4.69) is 58.4 Å². The van der Waals surface area contributed by atoms with Crippen LogP contribution in [-0.4, -0.2) is 19.5 Å². The maximum atomic E-state index is 11.7. The van der Waals surface area contributed by atoms with Gasteiger partial charge in [-0.3, -0.25) is 4.79 Å².